The lowest BCUT2D eigenvalue weighted by Gasteiger charge is -2.13. The molecule has 0 radical (unpaired) electrons. The Morgan fingerprint density at radius 3 is 2.82 bits per heavy atom. The lowest BCUT2D eigenvalue weighted by molar-refractivity contribution is 0.434. The van der Waals surface area contributed by atoms with Gasteiger partial charge in [-0.15, -0.1) is 0 Å². The van der Waals surface area contributed by atoms with E-state index in [0.717, 1.165) is 26.1 Å². The van der Waals surface area contributed by atoms with Gasteiger partial charge in [0.25, 0.3) is 0 Å². The van der Waals surface area contributed by atoms with Crippen LogP contribution in [0.15, 0.2) is 47.7 Å². The second-order valence-electron chi connectivity index (χ2n) is 3.98. The van der Waals surface area contributed by atoms with Crippen molar-refractivity contribution in [1.82, 2.24) is 10.2 Å². The summed E-state index contributed by atoms with van der Waals surface area (Å²) in [6.07, 6.45) is 4.76. The smallest absolute Gasteiger partial charge is 0.0419 e. The summed E-state index contributed by atoms with van der Waals surface area (Å²) in [5.74, 6) is 0. The van der Waals surface area contributed by atoms with Crippen molar-refractivity contribution in [2.75, 3.05) is 20.1 Å². The van der Waals surface area contributed by atoms with E-state index in [1.54, 1.807) is 6.20 Å². The van der Waals surface area contributed by atoms with Crippen molar-refractivity contribution >= 4 is 6.72 Å². The van der Waals surface area contributed by atoms with Gasteiger partial charge in [-0.1, -0.05) is 30.3 Å². The maximum atomic E-state index is 3.67. The van der Waals surface area contributed by atoms with Gasteiger partial charge in [-0.05, 0) is 25.2 Å². The highest BCUT2D eigenvalue weighted by Crippen LogP contribution is 1.97. The molecule has 0 fully saturated rings. The summed E-state index contributed by atoms with van der Waals surface area (Å²) >= 11 is 0. The molecule has 0 aliphatic carbocycles. The molecule has 3 heteroatoms. The molecule has 0 aliphatic heterocycles. The van der Waals surface area contributed by atoms with Gasteiger partial charge in [-0.3, -0.25) is 4.99 Å². The predicted octanol–water partition coefficient (Wildman–Crippen LogP) is 2.27. The van der Waals surface area contributed by atoms with Crippen LogP contribution < -0.4 is 5.32 Å². The second-order valence-corrected chi connectivity index (χ2v) is 3.98. The number of rotatable bonds is 8. The summed E-state index contributed by atoms with van der Waals surface area (Å²) < 4.78 is 0. The van der Waals surface area contributed by atoms with E-state index >= 15 is 0 Å². The van der Waals surface area contributed by atoms with Crippen LogP contribution in [0.25, 0.3) is 0 Å². The number of hydrogen-bond acceptors (Lipinski definition) is 3. The van der Waals surface area contributed by atoms with E-state index in [-0.39, 0.29) is 0 Å². The molecular formula is C14H21N3. The van der Waals surface area contributed by atoms with E-state index in [1.165, 1.54) is 5.56 Å². The molecule has 0 atom stereocenters. The van der Waals surface area contributed by atoms with Crippen LogP contribution in [0.1, 0.15) is 12.0 Å². The Bertz CT molecular complexity index is 333. The van der Waals surface area contributed by atoms with E-state index in [4.69, 9.17) is 0 Å². The molecule has 1 aromatic carbocycles. The first-order valence-electron chi connectivity index (χ1n) is 5.90. The van der Waals surface area contributed by atoms with Crippen molar-refractivity contribution in [1.29, 1.82) is 0 Å². The molecular weight excluding hydrogens is 210 g/mol. The van der Waals surface area contributed by atoms with Crippen LogP contribution in [0.5, 0.6) is 0 Å². The third kappa shape index (κ3) is 6.53. The van der Waals surface area contributed by atoms with Gasteiger partial charge in [0, 0.05) is 32.5 Å². The third-order valence-electron chi connectivity index (χ3n) is 2.46. The summed E-state index contributed by atoms with van der Waals surface area (Å²) in [6, 6.07) is 10.4. The normalized spacial score (nSPS) is 10.6. The van der Waals surface area contributed by atoms with Gasteiger partial charge in [-0.25, -0.2) is 0 Å². The Kier molecular flexibility index (Phi) is 6.75. The molecule has 0 aromatic heterocycles. The average Bonchev–Trinajstić information content (AvgIpc) is 2.37. The van der Waals surface area contributed by atoms with Crippen LogP contribution >= 0.6 is 0 Å². The molecule has 0 aliphatic rings. The Morgan fingerprint density at radius 2 is 2.12 bits per heavy atom. The standard InChI is InChI=1S/C14H21N3/c1-15-10-12-17(2)11-6-9-16-13-14-7-4-3-5-8-14/h3-5,7-8,10,12,16H,1,6,9,11,13H2,2H3/b12-10-. The minimum atomic E-state index is 0.939. The topological polar surface area (TPSA) is 27.6 Å². The Morgan fingerprint density at radius 1 is 1.35 bits per heavy atom. The van der Waals surface area contributed by atoms with Crippen LogP contribution in [0.3, 0.4) is 0 Å². The molecule has 0 bridgehead atoms. The first kappa shape index (κ1) is 13.5. The predicted molar refractivity (Wildman–Crippen MR) is 74.1 cm³/mol. The van der Waals surface area contributed by atoms with Crippen LogP contribution in [-0.4, -0.2) is 31.8 Å². The number of nitrogens with zero attached hydrogens (tertiary/aromatic N) is 2. The molecule has 3 nitrogen and oxygen atoms in total. The SMILES string of the molecule is C=N/C=C\N(C)CCCNCc1ccccc1. The minimum absolute atomic E-state index is 0.939. The second kappa shape index (κ2) is 8.53. The lowest BCUT2D eigenvalue weighted by atomic mass is 10.2. The van der Waals surface area contributed by atoms with E-state index in [2.05, 4.69) is 46.2 Å². The van der Waals surface area contributed by atoms with Gasteiger partial charge in [0.15, 0.2) is 0 Å². The van der Waals surface area contributed by atoms with Gasteiger partial charge in [0.2, 0.25) is 0 Å². The Labute approximate surface area is 104 Å². The molecule has 1 aromatic rings. The quantitative estimate of drug-likeness (QED) is 0.549. The number of hydrogen-bond donors (Lipinski definition) is 1. The summed E-state index contributed by atoms with van der Waals surface area (Å²) in [5, 5.41) is 3.43. The van der Waals surface area contributed by atoms with Gasteiger partial charge in [0.1, 0.15) is 0 Å². The van der Waals surface area contributed by atoms with Gasteiger partial charge < -0.3 is 10.2 Å². The fourth-order valence-corrected chi connectivity index (χ4v) is 1.52. The van der Waals surface area contributed by atoms with Crippen LogP contribution in [-0.2, 0) is 6.54 Å². The highest BCUT2D eigenvalue weighted by Gasteiger charge is 1.93. The summed E-state index contributed by atoms with van der Waals surface area (Å²) in [6.45, 7) is 6.38. The van der Waals surface area contributed by atoms with Crippen molar-refractivity contribution in [3.63, 3.8) is 0 Å². The third-order valence-corrected chi connectivity index (χ3v) is 2.46. The lowest BCUT2D eigenvalue weighted by Crippen LogP contribution is -2.20. The highest BCUT2D eigenvalue weighted by molar-refractivity contribution is 5.25. The molecule has 0 heterocycles. The highest BCUT2D eigenvalue weighted by atomic mass is 15.1. The van der Waals surface area contributed by atoms with Crippen LogP contribution in [0.4, 0.5) is 0 Å². The fraction of sp³-hybridized carbons (Fsp3) is 0.357. The van der Waals surface area contributed by atoms with E-state index in [1.807, 2.05) is 19.3 Å². The molecule has 92 valence electrons. The Balaban J connectivity index is 2.05. The van der Waals surface area contributed by atoms with Crippen molar-refractivity contribution < 1.29 is 0 Å². The monoisotopic (exact) mass is 231 g/mol. The first-order chi connectivity index (χ1) is 8.33. The average molecular weight is 231 g/mol. The molecule has 0 spiro atoms. The fourth-order valence-electron chi connectivity index (χ4n) is 1.52. The molecule has 0 amide bonds. The molecule has 0 saturated heterocycles. The zero-order chi connectivity index (χ0) is 12.3. The van der Waals surface area contributed by atoms with Crippen LogP contribution in [0, 0.1) is 0 Å². The zero-order valence-corrected chi connectivity index (χ0v) is 10.5. The van der Waals surface area contributed by atoms with Gasteiger partial charge in [0.05, 0.1) is 0 Å². The van der Waals surface area contributed by atoms with Crippen molar-refractivity contribution in [3.8, 4) is 0 Å². The van der Waals surface area contributed by atoms with Gasteiger partial charge >= 0.3 is 0 Å². The summed E-state index contributed by atoms with van der Waals surface area (Å²) in [7, 11) is 2.04. The van der Waals surface area contributed by atoms with E-state index in [9.17, 15) is 0 Å². The summed E-state index contributed by atoms with van der Waals surface area (Å²) in [5.41, 5.74) is 1.33. The zero-order valence-electron chi connectivity index (χ0n) is 10.5. The molecule has 0 saturated carbocycles. The number of nitrogens with one attached hydrogen (secondary N) is 1. The van der Waals surface area contributed by atoms with Crippen molar-refractivity contribution in [2.24, 2.45) is 4.99 Å². The minimum Gasteiger partial charge on any atom is -0.379 e. The first-order valence-corrected chi connectivity index (χ1v) is 5.90. The van der Waals surface area contributed by atoms with E-state index < -0.39 is 0 Å². The maximum Gasteiger partial charge on any atom is 0.0419 e. The van der Waals surface area contributed by atoms with Gasteiger partial charge in [-0.2, -0.15) is 0 Å². The molecule has 1 N–H and O–H groups in total. The molecule has 1 rings (SSSR count). The Hall–Kier alpha value is -1.61. The van der Waals surface area contributed by atoms with Crippen LogP contribution in [0.2, 0.25) is 0 Å². The molecule has 17 heavy (non-hydrogen) atoms. The summed E-state index contributed by atoms with van der Waals surface area (Å²) in [4.78, 5) is 5.78. The van der Waals surface area contributed by atoms with E-state index in [0.29, 0.717) is 0 Å². The number of benzene rings is 1. The molecule has 0 unspecified atom stereocenters. The van der Waals surface area contributed by atoms with Crippen molar-refractivity contribution in [2.45, 2.75) is 13.0 Å². The largest absolute Gasteiger partial charge is 0.379 e. The maximum absolute atomic E-state index is 3.67. The number of aliphatic imine (C=N–C) groups is 1. The van der Waals surface area contributed by atoms with Crippen molar-refractivity contribution in [3.05, 3.63) is 48.3 Å².